The number of unbranched alkanes of at least 4 members (excludes halogenated alkanes) is 41. The van der Waals surface area contributed by atoms with Gasteiger partial charge >= 0.3 is 17.9 Å². The van der Waals surface area contributed by atoms with Gasteiger partial charge in [0.05, 0.1) is 0 Å². The van der Waals surface area contributed by atoms with E-state index >= 15 is 0 Å². The number of rotatable bonds is 66. The summed E-state index contributed by atoms with van der Waals surface area (Å²) in [7, 11) is 0. The average molecular weight is 1160 g/mol. The van der Waals surface area contributed by atoms with E-state index in [1.807, 2.05) is 0 Å². The van der Waals surface area contributed by atoms with Gasteiger partial charge in [0.1, 0.15) is 13.2 Å². The van der Waals surface area contributed by atoms with Crippen LogP contribution in [0.25, 0.3) is 0 Å². The first kappa shape index (κ1) is 79.6. The van der Waals surface area contributed by atoms with E-state index in [9.17, 15) is 14.4 Å². The molecule has 0 rings (SSSR count). The third-order valence-corrected chi connectivity index (χ3v) is 15.9. The first-order valence-corrected chi connectivity index (χ1v) is 36.1. The van der Waals surface area contributed by atoms with Crippen LogP contribution in [0.1, 0.15) is 367 Å². The van der Waals surface area contributed by atoms with Gasteiger partial charge in [-0.25, -0.2) is 0 Å². The van der Waals surface area contributed by atoms with Crippen molar-refractivity contribution in [3.63, 3.8) is 0 Å². The van der Waals surface area contributed by atoms with Crippen molar-refractivity contribution in [2.24, 2.45) is 0 Å². The summed E-state index contributed by atoms with van der Waals surface area (Å²) < 4.78 is 17.0. The fraction of sp³-hybridized carbons (Fsp3) is 0.779. The lowest BCUT2D eigenvalue weighted by Gasteiger charge is -2.18. The lowest BCUT2D eigenvalue weighted by atomic mass is 10.0. The predicted molar refractivity (Wildman–Crippen MR) is 362 cm³/mol. The Hall–Kier alpha value is -3.41. The molecule has 0 bridgehead atoms. The molecular formula is C77H136O6. The van der Waals surface area contributed by atoms with E-state index in [1.54, 1.807) is 0 Å². The van der Waals surface area contributed by atoms with Gasteiger partial charge in [-0.1, -0.05) is 318 Å². The highest BCUT2D eigenvalue weighted by atomic mass is 16.6. The molecule has 0 saturated carbocycles. The molecule has 0 spiro atoms. The molecule has 0 aliphatic heterocycles. The third-order valence-electron chi connectivity index (χ3n) is 15.9. The van der Waals surface area contributed by atoms with Crippen molar-refractivity contribution in [1.82, 2.24) is 0 Å². The zero-order chi connectivity index (χ0) is 59.9. The maximum absolute atomic E-state index is 12.9. The first-order chi connectivity index (χ1) is 41.0. The molecule has 6 heteroatoms. The number of carbonyl (C=O) groups excluding carboxylic acids is 3. The van der Waals surface area contributed by atoms with Gasteiger partial charge in [-0.2, -0.15) is 0 Å². The Kier molecular flexibility index (Phi) is 68.2. The lowest BCUT2D eigenvalue weighted by molar-refractivity contribution is -0.167. The lowest BCUT2D eigenvalue weighted by Crippen LogP contribution is -2.30. The Balaban J connectivity index is 4.24. The largest absolute Gasteiger partial charge is 0.462 e. The Morgan fingerprint density at radius 2 is 0.470 bits per heavy atom. The second kappa shape index (κ2) is 71.1. The highest BCUT2D eigenvalue weighted by Crippen LogP contribution is 2.18. The van der Waals surface area contributed by atoms with Gasteiger partial charge in [0.15, 0.2) is 6.10 Å². The van der Waals surface area contributed by atoms with Crippen molar-refractivity contribution >= 4 is 17.9 Å². The molecule has 83 heavy (non-hydrogen) atoms. The maximum Gasteiger partial charge on any atom is 0.306 e. The van der Waals surface area contributed by atoms with Crippen molar-refractivity contribution in [3.8, 4) is 0 Å². The second-order valence-corrected chi connectivity index (χ2v) is 24.1. The van der Waals surface area contributed by atoms with Crippen LogP contribution in [0.15, 0.2) is 85.1 Å². The molecule has 0 aliphatic rings. The molecule has 0 aromatic carbocycles. The summed E-state index contributed by atoms with van der Waals surface area (Å²) in [5.74, 6) is -0.895. The normalized spacial score (nSPS) is 12.6. The third kappa shape index (κ3) is 69.3. The smallest absolute Gasteiger partial charge is 0.306 e. The number of allylic oxidation sites excluding steroid dienone is 14. The number of hydrogen-bond donors (Lipinski definition) is 0. The van der Waals surface area contributed by atoms with Crippen LogP contribution in [0.2, 0.25) is 0 Å². The van der Waals surface area contributed by atoms with Crippen LogP contribution in [0, 0.1) is 0 Å². The highest BCUT2D eigenvalue weighted by Gasteiger charge is 2.19. The molecular weight excluding hydrogens is 1020 g/mol. The van der Waals surface area contributed by atoms with Crippen molar-refractivity contribution in [1.29, 1.82) is 0 Å². The molecule has 480 valence electrons. The number of ether oxygens (including phenoxy) is 3. The van der Waals surface area contributed by atoms with E-state index in [1.165, 1.54) is 225 Å². The summed E-state index contributed by atoms with van der Waals surface area (Å²) in [4.78, 5) is 38.4. The molecule has 0 aliphatic carbocycles. The van der Waals surface area contributed by atoms with Crippen LogP contribution in [0.5, 0.6) is 0 Å². The summed E-state index contributed by atoms with van der Waals surface area (Å²) in [6, 6.07) is 0. The molecule has 0 heterocycles. The van der Waals surface area contributed by atoms with Crippen LogP contribution in [0.4, 0.5) is 0 Å². The SMILES string of the molecule is CC/C=C\C/C=C\C/C=C\C/C=C\CCCCCCC(=O)OC(COC(=O)CCCCCCCCC/C=C\CCCCCCCC)COC(=O)CCCCCCCCCCCCCCCCCCCCC/C=C\C/C=C\CCCCCCC. The average Bonchev–Trinajstić information content (AvgIpc) is 3.50. The molecule has 0 amide bonds. The minimum Gasteiger partial charge on any atom is -0.462 e. The van der Waals surface area contributed by atoms with Gasteiger partial charge in [-0.05, 0) is 116 Å². The van der Waals surface area contributed by atoms with Crippen LogP contribution in [-0.4, -0.2) is 37.2 Å². The fourth-order valence-corrected chi connectivity index (χ4v) is 10.5. The fourth-order valence-electron chi connectivity index (χ4n) is 10.5. The van der Waals surface area contributed by atoms with Crippen molar-refractivity contribution in [2.45, 2.75) is 374 Å². The number of carbonyl (C=O) groups is 3. The zero-order valence-electron chi connectivity index (χ0n) is 55.2. The minimum absolute atomic E-state index is 0.0849. The van der Waals surface area contributed by atoms with E-state index in [0.29, 0.717) is 19.3 Å². The summed E-state index contributed by atoms with van der Waals surface area (Å²) in [5.41, 5.74) is 0. The molecule has 6 nitrogen and oxygen atoms in total. The second-order valence-electron chi connectivity index (χ2n) is 24.1. The zero-order valence-corrected chi connectivity index (χ0v) is 55.2. The van der Waals surface area contributed by atoms with E-state index in [0.717, 1.165) is 103 Å². The molecule has 0 aromatic heterocycles. The quantitative estimate of drug-likeness (QED) is 0.0261. The Bertz CT molecular complexity index is 1570. The topological polar surface area (TPSA) is 78.9 Å². The number of hydrogen-bond acceptors (Lipinski definition) is 6. The summed E-state index contributed by atoms with van der Waals surface area (Å²) in [6.07, 6.45) is 94.8. The van der Waals surface area contributed by atoms with E-state index in [4.69, 9.17) is 14.2 Å². The van der Waals surface area contributed by atoms with Crippen molar-refractivity contribution in [2.75, 3.05) is 13.2 Å². The van der Waals surface area contributed by atoms with Gasteiger partial charge in [-0.15, -0.1) is 0 Å². The maximum atomic E-state index is 12.9. The van der Waals surface area contributed by atoms with Gasteiger partial charge < -0.3 is 14.2 Å². The van der Waals surface area contributed by atoms with E-state index in [2.05, 4.69) is 106 Å². The van der Waals surface area contributed by atoms with Gasteiger partial charge in [0.25, 0.3) is 0 Å². The molecule has 0 fully saturated rings. The van der Waals surface area contributed by atoms with Gasteiger partial charge in [-0.3, -0.25) is 14.4 Å². The first-order valence-electron chi connectivity index (χ1n) is 36.1. The Labute approximate surface area is 515 Å². The van der Waals surface area contributed by atoms with Gasteiger partial charge in [0, 0.05) is 19.3 Å². The molecule has 0 aromatic rings. The van der Waals surface area contributed by atoms with Gasteiger partial charge in [0.2, 0.25) is 0 Å². The predicted octanol–water partition coefficient (Wildman–Crippen LogP) is 25.0. The Morgan fingerprint density at radius 1 is 0.253 bits per heavy atom. The van der Waals surface area contributed by atoms with Crippen LogP contribution >= 0.6 is 0 Å². The molecule has 0 radical (unpaired) electrons. The monoisotopic (exact) mass is 1160 g/mol. The minimum atomic E-state index is -0.792. The summed E-state index contributed by atoms with van der Waals surface area (Å²) in [6.45, 7) is 6.54. The van der Waals surface area contributed by atoms with E-state index in [-0.39, 0.29) is 31.1 Å². The van der Waals surface area contributed by atoms with Crippen molar-refractivity contribution in [3.05, 3.63) is 85.1 Å². The van der Waals surface area contributed by atoms with Crippen molar-refractivity contribution < 1.29 is 28.6 Å². The van der Waals surface area contributed by atoms with Crippen LogP contribution in [0.3, 0.4) is 0 Å². The number of esters is 3. The van der Waals surface area contributed by atoms with Crippen LogP contribution in [-0.2, 0) is 28.6 Å². The highest BCUT2D eigenvalue weighted by molar-refractivity contribution is 5.71. The van der Waals surface area contributed by atoms with E-state index < -0.39 is 6.10 Å². The Morgan fingerprint density at radius 3 is 0.747 bits per heavy atom. The molecule has 1 atom stereocenters. The molecule has 1 unspecified atom stereocenters. The summed E-state index contributed by atoms with van der Waals surface area (Å²) >= 11 is 0. The molecule has 0 N–H and O–H groups in total. The standard InChI is InChI=1S/C77H136O6/c1-4-7-10-13-16-19-22-25-28-31-32-33-34-35-36-37-38-39-40-41-42-43-44-47-49-52-55-58-61-64-67-70-76(79)82-73-74(83-77(80)71-68-65-62-59-56-53-50-46-30-27-24-21-18-15-12-9-6-3)72-81-75(78)69-66-63-60-57-54-51-48-45-29-26-23-20-17-14-11-8-5-2/h9,12,18,21-22,25-27,29-32,50,53,74H,4-8,10-11,13-17,19-20,23-24,28,33-49,51-52,54-73H2,1-3H3/b12-9-,21-18-,25-22-,29-26-,30-27-,32-31-,53-50-. The van der Waals surface area contributed by atoms with Crippen LogP contribution < -0.4 is 0 Å². The summed E-state index contributed by atoms with van der Waals surface area (Å²) in [5, 5.41) is 0. The molecule has 0 saturated heterocycles.